The standard InChI is InChI=1S/C34H37FN6O4/c1-21(2)45-34(42)30-10-9-29-33(39-30)41(19-26-13-16-43-26)32(38-29)22(3)40-14-11-24(12-15-40)28-5-4-6-31(37-28)44-20-25-8-7-23(18-36)17-27(25)35/h4-10,17,21-22,24,26H,11-16,19-20H2,1-3H3/t22-,26-/m0/s1. The van der Waals surface area contributed by atoms with Gasteiger partial charge in [-0.1, -0.05) is 12.1 Å². The van der Waals surface area contributed by atoms with Crippen LogP contribution in [0.1, 0.15) is 85.1 Å². The van der Waals surface area contributed by atoms with Crippen molar-refractivity contribution in [3.8, 4) is 11.9 Å². The van der Waals surface area contributed by atoms with Crippen molar-refractivity contribution in [1.29, 1.82) is 5.26 Å². The van der Waals surface area contributed by atoms with Crippen molar-refractivity contribution in [2.45, 2.75) is 77.4 Å². The van der Waals surface area contributed by atoms with Gasteiger partial charge in [0.15, 0.2) is 11.3 Å². The Labute approximate surface area is 261 Å². The smallest absolute Gasteiger partial charge is 0.357 e. The number of carbonyl (C=O) groups excluding carboxylic acids is 1. The number of esters is 1. The fourth-order valence-electron chi connectivity index (χ4n) is 5.91. The number of pyridine rings is 2. The summed E-state index contributed by atoms with van der Waals surface area (Å²) < 4.78 is 33.4. The maximum absolute atomic E-state index is 14.3. The lowest BCUT2D eigenvalue weighted by Gasteiger charge is -2.36. The molecular formula is C34H37FN6O4. The lowest BCUT2D eigenvalue weighted by molar-refractivity contribution is -0.0595. The zero-order valence-corrected chi connectivity index (χ0v) is 25.8. The van der Waals surface area contributed by atoms with Gasteiger partial charge in [0.1, 0.15) is 23.8 Å². The summed E-state index contributed by atoms with van der Waals surface area (Å²) in [5.74, 6) is 0.709. The quantitative estimate of drug-likeness (QED) is 0.208. The van der Waals surface area contributed by atoms with E-state index in [4.69, 9.17) is 34.4 Å². The average molecular weight is 613 g/mol. The van der Waals surface area contributed by atoms with Crippen molar-refractivity contribution in [3.63, 3.8) is 0 Å². The third kappa shape index (κ3) is 6.82. The summed E-state index contributed by atoms with van der Waals surface area (Å²) in [5, 5.41) is 8.97. The van der Waals surface area contributed by atoms with Gasteiger partial charge in [0.2, 0.25) is 5.88 Å². The molecule has 234 valence electrons. The van der Waals surface area contributed by atoms with Crippen LogP contribution in [0.4, 0.5) is 4.39 Å². The lowest BCUT2D eigenvalue weighted by atomic mass is 9.92. The number of hydrogen-bond donors (Lipinski definition) is 0. The molecule has 0 bridgehead atoms. The van der Waals surface area contributed by atoms with Crippen molar-refractivity contribution in [2.24, 2.45) is 0 Å². The number of imidazole rings is 1. The van der Waals surface area contributed by atoms with Crippen LogP contribution in [0.2, 0.25) is 0 Å². The van der Waals surface area contributed by atoms with Gasteiger partial charge >= 0.3 is 5.97 Å². The van der Waals surface area contributed by atoms with Crippen molar-refractivity contribution >= 4 is 17.1 Å². The van der Waals surface area contributed by atoms with Crippen molar-refractivity contribution in [2.75, 3.05) is 19.7 Å². The molecule has 2 atom stereocenters. The van der Waals surface area contributed by atoms with E-state index in [0.717, 1.165) is 56.0 Å². The van der Waals surface area contributed by atoms with E-state index < -0.39 is 11.8 Å². The molecule has 1 aromatic carbocycles. The molecule has 6 rings (SSSR count). The highest BCUT2D eigenvalue weighted by atomic mass is 19.1. The van der Waals surface area contributed by atoms with E-state index in [9.17, 15) is 9.18 Å². The molecule has 45 heavy (non-hydrogen) atoms. The Morgan fingerprint density at radius 1 is 1.09 bits per heavy atom. The number of hydrogen-bond acceptors (Lipinski definition) is 9. The van der Waals surface area contributed by atoms with Crippen LogP contribution in [0.15, 0.2) is 48.5 Å². The van der Waals surface area contributed by atoms with Crippen LogP contribution < -0.4 is 4.74 Å². The summed E-state index contributed by atoms with van der Waals surface area (Å²) >= 11 is 0. The summed E-state index contributed by atoms with van der Waals surface area (Å²) in [5.41, 5.74) is 3.29. The van der Waals surface area contributed by atoms with Crippen LogP contribution in [0.3, 0.4) is 0 Å². The molecule has 0 saturated carbocycles. The molecule has 11 heteroatoms. The van der Waals surface area contributed by atoms with Crippen LogP contribution in [-0.4, -0.2) is 62.3 Å². The molecule has 2 saturated heterocycles. The minimum absolute atomic E-state index is 0.0243. The van der Waals surface area contributed by atoms with E-state index in [0.29, 0.717) is 23.6 Å². The van der Waals surface area contributed by atoms with Crippen LogP contribution >= 0.6 is 0 Å². The van der Waals surface area contributed by atoms with Gasteiger partial charge in [0.25, 0.3) is 0 Å². The minimum atomic E-state index is -0.467. The molecule has 0 N–H and O–H groups in total. The molecule has 0 aliphatic carbocycles. The third-order valence-corrected chi connectivity index (χ3v) is 8.53. The molecule has 0 spiro atoms. The van der Waals surface area contributed by atoms with Crippen molar-refractivity contribution in [1.82, 2.24) is 24.4 Å². The number of piperidine rings is 1. The minimum Gasteiger partial charge on any atom is -0.473 e. The molecule has 0 amide bonds. The molecule has 2 aliphatic rings. The van der Waals surface area contributed by atoms with Gasteiger partial charge in [0.05, 0.1) is 36.4 Å². The first-order valence-electron chi connectivity index (χ1n) is 15.5. The fraction of sp³-hybridized carbons (Fsp3) is 0.441. The third-order valence-electron chi connectivity index (χ3n) is 8.53. The van der Waals surface area contributed by atoms with Gasteiger partial charge in [-0.05, 0) is 83.5 Å². The molecule has 10 nitrogen and oxygen atoms in total. The molecule has 0 radical (unpaired) electrons. The van der Waals surface area contributed by atoms with E-state index in [1.54, 1.807) is 24.3 Å². The number of aromatic nitrogens is 4. The average Bonchev–Trinajstić information content (AvgIpc) is 3.39. The SMILES string of the molecule is CC(C)OC(=O)c1ccc2nc([C@H](C)N3CCC(c4cccc(OCc5ccc(C#N)cc5F)n4)CC3)n(C[C@@H]3CCO3)c2n1. The van der Waals surface area contributed by atoms with E-state index in [-0.39, 0.29) is 42.0 Å². The maximum atomic E-state index is 14.3. The Morgan fingerprint density at radius 2 is 1.89 bits per heavy atom. The van der Waals surface area contributed by atoms with Crippen LogP contribution in [0.25, 0.3) is 11.2 Å². The first kappa shape index (κ1) is 30.6. The first-order valence-corrected chi connectivity index (χ1v) is 15.5. The van der Waals surface area contributed by atoms with Crippen molar-refractivity contribution < 1.29 is 23.4 Å². The van der Waals surface area contributed by atoms with Gasteiger partial charge < -0.3 is 18.8 Å². The normalized spacial score (nSPS) is 18.0. The topological polar surface area (TPSA) is 115 Å². The zero-order valence-electron chi connectivity index (χ0n) is 25.8. The monoisotopic (exact) mass is 612 g/mol. The predicted molar refractivity (Wildman–Crippen MR) is 164 cm³/mol. The summed E-state index contributed by atoms with van der Waals surface area (Å²) in [6.45, 7) is 8.94. The Kier molecular flexibility index (Phi) is 9.05. The van der Waals surface area contributed by atoms with E-state index in [1.165, 1.54) is 6.07 Å². The van der Waals surface area contributed by atoms with Gasteiger partial charge in [-0.2, -0.15) is 5.26 Å². The zero-order chi connectivity index (χ0) is 31.5. The van der Waals surface area contributed by atoms with E-state index in [2.05, 4.69) is 16.4 Å². The highest BCUT2D eigenvalue weighted by Gasteiger charge is 2.30. The summed E-state index contributed by atoms with van der Waals surface area (Å²) in [7, 11) is 0. The van der Waals surface area contributed by atoms with Gasteiger partial charge in [-0.3, -0.25) is 4.90 Å². The van der Waals surface area contributed by atoms with Crippen LogP contribution in [-0.2, 0) is 22.6 Å². The number of fused-ring (bicyclic) bond motifs is 1. The molecule has 0 unspecified atom stereocenters. The number of likely N-dealkylation sites (tertiary alicyclic amines) is 1. The predicted octanol–water partition coefficient (Wildman–Crippen LogP) is 5.71. The summed E-state index contributed by atoms with van der Waals surface area (Å²) in [6, 6.07) is 15.6. The van der Waals surface area contributed by atoms with Crippen molar-refractivity contribution in [3.05, 3.63) is 82.7 Å². The number of ether oxygens (including phenoxy) is 3. The highest BCUT2D eigenvalue weighted by molar-refractivity contribution is 5.90. The van der Waals surface area contributed by atoms with Gasteiger partial charge in [-0.15, -0.1) is 0 Å². The van der Waals surface area contributed by atoms with Crippen LogP contribution in [0, 0.1) is 17.1 Å². The number of rotatable bonds is 10. The fourth-order valence-corrected chi connectivity index (χ4v) is 5.91. The maximum Gasteiger partial charge on any atom is 0.357 e. The highest BCUT2D eigenvalue weighted by Crippen LogP contribution is 2.33. The Hall–Kier alpha value is -4.40. The van der Waals surface area contributed by atoms with Gasteiger partial charge in [0, 0.05) is 29.8 Å². The second-order valence-electron chi connectivity index (χ2n) is 11.9. The Morgan fingerprint density at radius 3 is 2.58 bits per heavy atom. The second-order valence-corrected chi connectivity index (χ2v) is 11.9. The molecule has 5 heterocycles. The summed E-state index contributed by atoms with van der Waals surface area (Å²) in [6.07, 6.45) is 2.68. The van der Waals surface area contributed by atoms with E-state index in [1.807, 2.05) is 38.1 Å². The number of benzene rings is 1. The molecule has 2 aliphatic heterocycles. The Balaban J connectivity index is 1.14. The first-order chi connectivity index (χ1) is 21.8. The number of nitriles is 1. The van der Waals surface area contributed by atoms with Gasteiger partial charge in [-0.25, -0.2) is 24.1 Å². The largest absolute Gasteiger partial charge is 0.473 e. The molecule has 4 aromatic rings. The second kappa shape index (κ2) is 13.3. The lowest BCUT2D eigenvalue weighted by Crippen LogP contribution is -2.37. The summed E-state index contributed by atoms with van der Waals surface area (Å²) in [4.78, 5) is 29.5. The number of halogens is 1. The molecule has 3 aromatic heterocycles. The molecule has 2 fully saturated rings. The number of nitrogens with zero attached hydrogens (tertiary/aromatic N) is 6. The molecular weight excluding hydrogens is 575 g/mol. The Bertz CT molecular complexity index is 1720. The van der Waals surface area contributed by atoms with Crippen LogP contribution in [0.5, 0.6) is 5.88 Å². The number of carbonyl (C=O) groups is 1. The van der Waals surface area contributed by atoms with E-state index >= 15 is 0 Å².